The second-order valence-electron chi connectivity index (χ2n) is 7.59. The number of quaternary nitrogens is 2. The van der Waals surface area contributed by atoms with Crippen LogP contribution < -0.4 is 44.6 Å². The summed E-state index contributed by atoms with van der Waals surface area (Å²) >= 11 is 0. The van der Waals surface area contributed by atoms with Crippen LogP contribution in [-0.2, 0) is 0 Å². The Labute approximate surface area is 196 Å². The highest BCUT2D eigenvalue weighted by Crippen LogP contribution is 2.08. The van der Waals surface area contributed by atoms with Crippen LogP contribution in [0.4, 0.5) is 0 Å². The zero-order valence-electron chi connectivity index (χ0n) is 18.3. The van der Waals surface area contributed by atoms with Gasteiger partial charge in [0.1, 0.15) is 0 Å². The average molecular weight is 522 g/mol. The van der Waals surface area contributed by atoms with Gasteiger partial charge in [0.15, 0.2) is 0 Å². The van der Waals surface area contributed by atoms with E-state index in [-0.39, 0.29) is 34.0 Å². The maximum atomic E-state index is 3.92. The molecule has 1 unspecified atom stereocenters. The van der Waals surface area contributed by atoms with Gasteiger partial charge in [0.05, 0.1) is 24.7 Å². The smallest absolute Gasteiger partial charge is 0.0930 e. The number of unbranched alkanes of at least 4 members (excludes halogenated alkanes) is 3. The topological polar surface area (TPSA) is 33.2 Å². The van der Waals surface area contributed by atoms with Gasteiger partial charge in [0.25, 0.3) is 0 Å². The summed E-state index contributed by atoms with van der Waals surface area (Å²) in [5, 5.41) is 5.09. The maximum absolute atomic E-state index is 3.92. The van der Waals surface area contributed by atoms with Gasteiger partial charge in [-0.3, -0.25) is 0 Å². The molecule has 0 fully saturated rings. The van der Waals surface area contributed by atoms with E-state index in [0.29, 0.717) is 12.1 Å². The van der Waals surface area contributed by atoms with Crippen molar-refractivity contribution in [3.05, 3.63) is 50.6 Å². The van der Waals surface area contributed by atoms with Crippen LogP contribution >= 0.6 is 0 Å². The van der Waals surface area contributed by atoms with E-state index in [1.54, 1.807) is 0 Å². The summed E-state index contributed by atoms with van der Waals surface area (Å²) in [6.45, 7) is 19.1. The van der Waals surface area contributed by atoms with E-state index in [1.165, 1.54) is 51.5 Å². The van der Waals surface area contributed by atoms with E-state index in [4.69, 9.17) is 0 Å². The van der Waals surface area contributed by atoms with Gasteiger partial charge in [-0.05, 0) is 38.5 Å². The molecule has 0 spiro atoms. The Kier molecular flexibility index (Phi) is 28.9. The third-order valence-electron chi connectivity index (χ3n) is 5.13. The molecule has 4 N–H and O–H groups in total. The predicted octanol–water partition coefficient (Wildman–Crippen LogP) is -1.72. The van der Waals surface area contributed by atoms with Crippen molar-refractivity contribution in [2.24, 2.45) is 0 Å². The molecule has 1 atom stereocenters. The summed E-state index contributed by atoms with van der Waals surface area (Å²) in [6.07, 6.45) is 21.8. The first-order chi connectivity index (χ1) is 12.7. The van der Waals surface area contributed by atoms with Crippen LogP contribution in [0, 0.1) is 0 Å². The van der Waals surface area contributed by atoms with Gasteiger partial charge in [0.2, 0.25) is 0 Å². The predicted molar refractivity (Wildman–Crippen MR) is 117 cm³/mol. The Morgan fingerprint density at radius 2 is 1.14 bits per heavy atom. The van der Waals surface area contributed by atoms with Crippen LogP contribution in [0.1, 0.15) is 77.6 Å². The molecule has 0 aliphatic heterocycles. The molecule has 0 aromatic rings. The van der Waals surface area contributed by atoms with E-state index in [2.05, 4.69) is 56.0 Å². The van der Waals surface area contributed by atoms with Crippen LogP contribution in [0.25, 0.3) is 0 Å². The molecule has 0 saturated heterocycles. The molecule has 0 radical (unpaired) electrons. The molecule has 166 valence electrons. The van der Waals surface area contributed by atoms with Gasteiger partial charge >= 0.3 is 0 Å². The van der Waals surface area contributed by atoms with Gasteiger partial charge in [-0.2, -0.15) is 0 Å². The van der Waals surface area contributed by atoms with Crippen molar-refractivity contribution in [1.29, 1.82) is 0 Å². The van der Waals surface area contributed by atoms with Crippen LogP contribution in [0.3, 0.4) is 0 Å². The SMILES string of the molecule is C=CCC(CC=C)[NH2+]CCCCCC(CCCC)[NH2+]C(CC=C)CC=C.[Br-].[Br-]. The molecule has 0 bridgehead atoms. The van der Waals surface area contributed by atoms with Gasteiger partial charge in [-0.1, -0.05) is 37.6 Å². The van der Waals surface area contributed by atoms with Gasteiger partial charge in [-0.15, -0.1) is 26.3 Å². The molecule has 0 aromatic heterocycles. The highest BCUT2D eigenvalue weighted by atomic mass is 79.9. The second kappa shape index (κ2) is 24.9. The zero-order chi connectivity index (χ0) is 19.5. The third-order valence-corrected chi connectivity index (χ3v) is 5.13. The first-order valence-electron chi connectivity index (χ1n) is 10.8. The van der Waals surface area contributed by atoms with Gasteiger partial charge in [0, 0.05) is 25.7 Å². The Morgan fingerprint density at radius 3 is 1.64 bits per heavy atom. The monoisotopic (exact) mass is 520 g/mol. The minimum Gasteiger partial charge on any atom is -1.00 e. The number of halogens is 2. The fourth-order valence-corrected chi connectivity index (χ4v) is 3.67. The zero-order valence-corrected chi connectivity index (χ0v) is 21.4. The van der Waals surface area contributed by atoms with E-state index < -0.39 is 0 Å². The molecule has 0 aromatic carbocycles. The molecule has 0 aliphatic rings. The van der Waals surface area contributed by atoms with Crippen LogP contribution in [0.2, 0.25) is 0 Å². The number of hydrogen-bond acceptors (Lipinski definition) is 0. The fourth-order valence-electron chi connectivity index (χ4n) is 3.67. The van der Waals surface area contributed by atoms with Crippen molar-refractivity contribution in [3.8, 4) is 0 Å². The Morgan fingerprint density at radius 1 is 0.643 bits per heavy atom. The van der Waals surface area contributed by atoms with Crippen molar-refractivity contribution in [3.63, 3.8) is 0 Å². The van der Waals surface area contributed by atoms with Crippen molar-refractivity contribution in [2.75, 3.05) is 6.54 Å². The Bertz CT molecular complexity index is 352. The molecule has 0 heterocycles. The number of nitrogens with two attached hydrogens (primary N) is 2. The molecule has 0 aliphatic carbocycles. The quantitative estimate of drug-likeness (QED) is 0.141. The minimum absolute atomic E-state index is 0. The summed E-state index contributed by atoms with van der Waals surface area (Å²) in [4.78, 5) is 0. The Hall–Kier alpha value is -0.160. The van der Waals surface area contributed by atoms with E-state index in [9.17, 15) is 0 Å². The van der Waals surface area contributed by atoms with Gasteiger partial charge < -0.3 is 44.6 Å². The largest absolute Gasteiger partial charge is 1.00 e. The standard InChI is InChI=1S/C24H44N2.2BrH/c1-6-11-19-24(26-23(17-9-4)18-10-5)20-13-12-14-21-25-22(15-7-2)16-8-3;;/h7-10,22-26H,2-6,11-21H2,1H3;2*1H. The first-order valence-corrected chi connectivity index (χ1v) is 10.8. The fraction of sp³-hybridized carbons (Fsp3) is 0.667. The summed E-state index contributed by atoms with van der Waals surface area (Å²) in [6, 6.07) is 2.02. The van der Waals surface area contributed by atoms with Crippen molar-refractivity contribution < 1.29 is 44.6 Å². The minimum atomic E-state index is 0. The lowest BCUT2D eigenvalue weighted by Crippen LogP contribution is -3.00. The number of hydrogen-bond donors (Lipinski definition) is 2. The van der Waals surface area contributed by atoms with Crippen molar-refractivity contribution >= 4 is 0 Å². The molecule has 0 amide bonds. The molecular formula is C24H46Br2N2. The number of rotatable bonds is 20. The average Bonchev–Trinajstić information content (AvgIpc) is 2.62. The van der Waals surface area contributed by atoms with Gasteiger partial charge in [-0.25, -0.2) is 0 Å². The van der Waals surface area contributed by atoms with Crippen molar-refractivity contribution in [2.45, 2.75) is 95.7 Å². The highest BCUT2D eigenvalue weighted by molar-refractivity contribution is 4.79. The summed E-state index contributed by atoms with van der Waals surface area (Å²) in [5.74, 6) is 0. The van der Waals surface area contributed by atoms with E-state index >= 15 is 0 Å². The normalized spacial score (nSPS) is 11.4. The van der Waals surface area contributed by atoms with Crippen molar-refractivity contribution in [1.82, 2.24) is 0 Å². The first kappa shape index (κ1) is 32.5. The lowest BCUT2D eigenvalue weighted by atomic mass is 10.00. The second-order valence-corrected chi connectivity index (χ2v) is 7.59. The maximum Gasteiger partial charge on any atom is 0.0930 e. The van der Waals surface area contributed by atoms with Crippen LogP contribution in [0.5, 0.6) is 0 Å². The summed E-state index contributed by atoms with van der Waals surface area (Å²) < 4.78 is 0. The molecule has 4 heteroatoms. The lowest BCUT2D eigenvalue weighted by molar-refractivity contribution is -0.721. The lowest BCUT2D eigenvalue weighted by Gasteiger charge is -2.21. The molecule has 0 saturated carbocycles. The van der Waals surface area contributed by atoms with Crippen LogP contribution in [-0.4, -0.2) is 24.7 Å². The molecule has 28 heavy (non-hydrogen) atoms. The Balaban J connectivity index is -0.00000312. The molecule has 0 rings (SSSR count). The molecule has 2 nitrogen and oxygen atoms in total. The highest BCUT2D eigenvalue weighted by Gasteiger charge is 2.17. The van der Waals surface area contributed by atoms with E-state index in [1.807, 2.05) is 12.2 Å². The van der Waals surface area contributed by atoms with Crippen LogP contribution in [0.15, 0.2) is 50.6 Å². The third kappa shape index (κ3) is 19.2. The summed E-state index contributed by atoms with van der Waals surface area (Å²) in [5.41, 5.74) is 0. The molecular weight excluding hydrogens is 476 g/mol. The van der Waals surface area contributed by atoms with E-state index in [0.717, 1.165) is 31.7 Å². The summed E-state index contributed by atoms with van der Waals surface area (Å²) in [7, 11) is 0.